The van der Waals surface area contributed by atoms with Gasteiger partial charge in [-0.1, -0.05) is 44.2 Å². The fraction of sp³-hybridized carbons (Fsp3) is 0.478. The Hall–Kier alpha value is -2.18. The van der Waals surface area contributed by atoms with Crippen LogP contribution in [0.5, 0.6) is 0 Å². The van der Waals surface area contributed by atoms with Crippen molar-refractivity contribution in [3.63, 3.8) is 0 Å². The summed E-state index contributed by atoms with van der Waals surface area (Å²) in [7, 11) is 0. The van der Waals surface area contributed by atoms with Gasteiger partial charge in [0, 0.05) is 50.1 Å². The van der Waals surface area contributed by atoms with Gasteiger partial charge >= 0.3 is 0 Å². The number of amides is 2. The molecular weight excluding hydrogens is 382 g/mol. The summed E-state index contributed by atoms with van der Waals surface area (Å²) in [6.45, 7) is 8.68. The minimum Gasteiger partial charge on any atom is -0.356 e. The van der Waals surface area contributed by atoms with Gasteiger partial charge in [0.15, 0.2) is 0 Å². The van der Waals surface area contributed by atoms with Gasteiger partial charge in [0.1, 0.15) is 0 Å². The summed E-state index contributed by atoms with van der Waals surface area (Å²) in [6.07, 6.45) is 0. The van der Waals surface area contributed by atoms with Gasteiger partial charge in [0.25, 0.3) is 5.91 Å². The molecule has 1 aromatic heterocycles. The summed E-state index contributed by atoms with van der Waals surface area (Å²) >= 11 is 1.54. The number of nitrogens with zero attached hydrogens (tertiary/aromatic N) is 2. The fourth-order valence-electron chi connectivity index (χ4n) is 4.57. The Labute approximate surface area is 176 Å². The van der Waals surface area contributed by atoms with Crippen LogP contribution in [0.4, 0.5) is 0 Å². The van der Waals surface area contributed by atoms with Crippen LogP contribution in [0.25, 0.3) is 0 Å². The molecule has 1 spiro atoms. The van der Waals surface area contributed by atoms with E-state index >= 15 is 0 Å². The van der Waals surface area contributed by atoms with E-state index in [0.717, 1.165) is 25.2 Å². The number of carbonyl (C=O) groups excluding carboxylic acids is 2. The Kier molecular flexibility index (Phi) is 5.74. The summed E-state index contributed by atoms with van der Waals surface area (Å²) in [5.41, 5.74) is 1.88. The maximum atomic E-state index is 13.0. The average Bonchev–Trinajstić information content (AvgIpc) is 3.33. The second kappa shape index (κ2) is 8.28. The van der Waals surface area contributed by atoms with Gasteiger partial charge in [-0.05, 0) is 22.9 Å². The van der Waals surface area contributed by atoms with Crippen LogP contribution in [0.2, 0.25) is 0 Å². The Morgan fingerprint density at radius 2 is 1.93 bits per heavy atom. The number of likely N-dealkylation sites (tertiary alicyclic amines) is 2. The molecule has 2 aliphatic rings. The highest BCUT2D eigenvalue weighted by atomic mass is 32.1. The van der Waals surface area contributed by atoms with E-state index in [4.69, 9.17) is 0 Å². The van der Waals surface area contributed by atoms with Gasteiger partial charge in [-0.15, -0.1) is 0 Å². The van der Waals surface area contributed by atoms with Crippen LogP contribution in [-0.4, -0.2) is 54.3 Å². The Bertz CT molecular complexity index is 844. The van der Waals surface area contributed by atoms with Crippen LogP contribution < -0.4 is 5.32 Å². The second-order valence-electron chi connectivity index (χ2n) is 8.88. The molecular formula is C23H29N3O2S. The SMILES string of the molecule is CC(C)CNC(=O)C1CN(Cc2ccccc2)CC12CN(C(=O)c1ccsc1)C2. The Balaban J connectivity index is 1.47. The van der Waals surface area contributed by atoms with Crippen LogP contribution >= 0.6 is 11.3 Å². The number of hydrogen-bond donors (Lipinski definition) is 1. The van der Waals surface area contributed by atoms with Crippen molar-refractivity contribution in [2.75, 3.05) is 32.7 Å². The molecule has 2 aliphatic heterocycles. The van der Waals surface area contributed by atoms with Crippen LogP contribution in [0.1, 0.15) is 29.8 Å². The molecule has 154 valence electrons. The molecule has 2 amide bonds. The lowest BCUT2D eigenvalue weighted by Gasteiger charge is -2.50. The smallest absolute Gasteiger partial charge is 0.254 e. The molecule has 2 fully saturated rings. The van der Waals surface area contributed by atoms with Crippen LogP contribution in [0, 0.1) is 17.3 Å². The molecule has 2 aromatic rings. The molecule has 3 heterocycles. The quantitative estimate of drug-likeness (QED) is 0.795. The van der Waals surface area contributed by atoms with E-state index in [1.807, 2.05) is 27.8 Å². The maximum absolute atomic E-state index is 13.0. The molecule has 0 bridgehead atoms. The molecule has 1 atom stereocenters. The van der Waals surface area contributed by atoms with Gasteiger partial charge in [-0.2, -0.15) is 11.3 Å². The summed E-state index contributed by atoms with van der Waals surface area (Å²) in [5.74, 6) is 0.572. The summed E-state index contributed by atoms with van der Waals surface area (Å²) in [6, 6.07) is 12.3. The van der Waals surface area contributed by atoms with Crippen LogP contribution in [0.3, 0.4) is 0 Å². The zero-order valence-corrected chi connectivity index (χ0v) is 18.0. The lowest BCUT2D eigenvalue weighted by molar-refractivity contribution is -0.131. The van der Waals surface area contributed by atoms with Crippen molar-refractivity contribution in [3.8, 4) is 0 Å². The lowest BCUT2D eigenvalue weighted by Crippen LogP contribution is -2.64. The highest BCUT2D eigenvalue weighted by Crippen LogP contribution is 2.45. The number of carbonyl (C=O) groups is 2. The first-order valence-electron chi connectivity index (χ1n) is 10.3. The average molecular weight is 412 g/mol. The van der Waals surface area contributed by atoms with Gasteiger partial charge in [-0.25, -0.2) is 0 Å². The van der Waals surface area contributed by atoms with Crippen molar-refractivity contribution < 1.29 is 9.59 Å². The van der Waals surface area contributed by atoms with E-state index < -0.39 is 0 Å². The Morgan fingerprint density at radius 1 is 1.17 bits per heavy atom. The molecule has 6 heteroatoms. The summed E-state index contributed by atoms with van der Waals surface area (Å²) < 4.78 is 0. The first-order chi connectivity index (χ1) is 14.0. The molecule has 0 radical (unpaired) electrons. The molecule has 1 N–H and O–H groups in total. The zero-order valence-electron chi connectivity index (χ0n) is 17.1. The van der Waals surface area contributed by atoms with E-state index in [0.29, 0.717) is 25.6 Å². The molecule has 0 saturated carbocycles. The van der Waals surface area contributed by atoms with Crippen LogP contribution in [-0.2, 0) is 11.3 Å². The first-order valence-corrected chi connectivity index (χ1v) is 11.3. The molecule has 4 rings (SSSR count). The standard InChI is InChI=1S/C23H29N3O2S/c1-17(2)10-24-21(27)20-12-25(11-18-6-4-3-5-7-18)14-23(20)15-26(16-23)22(28)19-8-9-29-13-19/h3-9,13,17,20H,10-12,14-16H2,1-2H3,(H,24,27). The van der Waals surface area contributed by atoms with Crippen LogP contribution in [0.15, 0.2) is 47.2 Å². The monoisotopic (exact) mass is 411 g/mol. The largest absolute Gasteiger partial charge is 0.356 e. The third-order valence-electron chi connectivity index (χ3n) is 6.04. The third kappa shape index (κ3) is 4.23. The molecule has 5 nitrogen and oxygen atoms in total. The Morgan fingerprint density at radius 3 is 2.59 bits per heavy atom. The van der Waals surface area contributed by atoms with E-state index in [1.54, 1.807) is 11.3 Å². The van der Waals surface area contributed by atoms with Crippen molar-refractivity contribution in [2.24, 2.45) is 17.3 Å². The third-order valence-corrected chi connectivity index (χ3v) is 6.72. The minimum absolute atomic E-state index is 0.0727. The van der Waals surface area contributed by atoms with Crippen molar-refractivity contribution in [3.05, 3.63) is 58.3 Å². The number of thiophene rings is 1. The number of nitrogens with one attached hydrogen (secondary N) is 1. The minimum atomic E-state index is -0.137. The van der Waals surface area contributed by atoms with E-state index in [1.165, 1.54) is 5.56 Å². The van der Waals surface area contributed by atoms with Crippen molar-refractivity contribution in [1.82, 2.24) is 15.1 Å². The molecule has 0 aliphatic carbocycles. The number of hydrogen-bond acceptors (Lipinski definition) is 4. The molecule has 2 saturated heterocycles. The van der Waals surface area contributed by atoms with Gasteiger partial charge < -0.3 is 10.2 Å². The zero-order chi connectivity index (χ0) is 20.4. The molecule has 1 aromatic carbocycles. The van der Waals surface area contributed by atoms with Crippen molar-refractivity contribution in [2.45, 2.75) is 20.4 Å². The first kappa shape index (κ1) is 20.1. The van der Waals surface area contributed by atoms with E-state index in [-0.39, 0.29) is 23.1 Å². The van der Waals surface area contributed by atoms with Gasteiger partial charge in [0.05, 0.1) is 11.5 Å². The maximum Gasteiger partial charge on any atom is 0.254 e. The highest BCUT2D eigenvalue weighted by molar-refractivity contribution is 7.08. The summed E-state index contributed by atoms with van der Waals surface area (Å²) in [5, 5.41) is 6.97. The normalized spacial score (nSPS) is 20.8. The number of rotatable bonds is 6. The summed E-state index contributed by atoms with van der Waals surface area (Å²) in [4.78, 5) is 30.0. The molecule has 29 heavy (non-hydrogen) atoms. The highest BCUT2D eigenvalue weighted by Gasteiger charge is 2.57. The molecule has 1 unspecified atom stereocenters. The predicted molar refractivity (Wildman–Crippen MR) is 116 cm³/mol. The van der Waals surface area contributed by atoms with Crippen molar-refractivity contribution >= 4 is 23.2 Å². The number of benzene rings is 1. The lowest BCUT2D eigenvalue weighted by atomic mass is 9.71. The van der Waals surface area contributed by atoms with E-state index in [9.17, 15) is 9.59 Å². The second-order valence-corrected chi connectivity index (χ2v) is 9.66. The fourth-order valence-corrected chi connectivity index (χ4v) is 5.20. The predicted octanol–water partition coefficient (Wildman–Crippen LogP) is 3.09. The van der Waals surface area contributed by atoms with Gasteiger partial charge in [0.2, 0.25) is 5.91 Å². The van der Waals surface area contributed by atoms with E-state index in [2.05, 4.69) is 48.3 Å². The topological polar surface area (TPSA) is 52.7 Å². The van der Waals surface area contributed by atoms with Gasteiger partial charge in [-0.3, -0.25) is 14.5 Å². The van der Waals surface area contributed by atoms with Crippen molar-refractivity contribution in [1.29, 1.82) is 0 Å².